The third-order valence-electron chi connectivity index (χ3n) is 4.91. The SMILES string of the molecule is Cc1ccc(NC(=O)c2cnn(C)c2NC(=O)c2ccc(C(=N)N(C)C)cc2)c(C)c1. The maximum Gasteiger partial charge on any atom is 0.261 e. The maximum atomic E-state index is 12.8. The van der Waals surface area contributed by atoms with Crippen LogP contribution in [0.4, 0.5) is 11.5 Å². The second-order valence-electron chi connectivity index (χ2n) is 7.58. The number of carbonyl (C=O) groups excluding carboxylic acids is 2. The molecule has 0 saturated heterocycles. The number of anilines is 2. The number of benzene rings is 2. The molecule has 0 aliphatic carbocycles. The number of aromatic nitrogens is 2. The van der Waals surface area contributed by atoms with E-state index in [1.54, 1.807) is 50.3 Å². The first-order valence-electron chi connectivity index (χ1n) is 9.75. The molecule has 2 amide bonds. The highest BCUT2D eigenvalue weighted by molar-refractivity contribution is 6.12. The molecular weight excluding hydrogens is 392 g/mol. The molecule has 3 N–H and O–H groups in total. The van der Waals surface area contributed by atoms with Crippen LogP contribution in [-0.2, 0) is 7.05 Å². The maximum absolute atomic E-state index is 12.8. The third-order valence-corrected chi connectivity index (χ3v) is 4.91. The Morgan fingerprint density at radius 2 is 1.61 bits per heavy atom. The highest BCUT2D eigenvalue weighted by Crippen LogP contribution is 2.21. The molecule has 8 heteroatoms. The van der Waals surface area contributed by atoms with Crippen LogP contribution >= 0.6 is 0 Å². The van der Waals surface area contributed by atoms with Gasteiger partial charge in [0.05, 0.1) is 6.20 Å². The van der Waals surface area contributed by atoms with E-state index in [1.165, 1.54) is 10.9 Å². The fourth-order valence-electron chi connectivity index (χ4n) is 3.11. The number of nitrogens with zero attached hydrogens (tertiary/aromatic N) is 3. The quantitative estimate of drug-likeness (QED) is 0.436. The van der Waals surface area contributed by atoms with Gasteiger partial charge in [-0.2, -0.15) is 5.10 Å². The number of hydrogen-bond donors (Lipinski definition) is 3. The van der Waals surface area contributed by atoms with Gasteiger partial charge in [0.25, 0.3) is 11.8 Å². The zero-order valence-corrected chi connectivity index (χ0v) is 18.3. The van der Waals surface area contributed by atoms with Gasteiger partial charge in [0, 0.05) is 38.0 Å². The smallest absolute Gasteiger partial charge is 0.261 e. The van der Waals surface area contributed by atoms with Gasteiger partial charge >= 0.3 is 0 Å². The number of carbonyl (C=O) groups is 2. The molecule has 0 aliphatic heterocycles. The first kappa shape index (κ1) is 21.8. The fourth-order valence-corrected chi connectivity index (χ4v) is 3.11. The van der Waals surface area contributed by atoms with Gasteiger partial charge in [0.1, 0.15) is 17.2 Å². The van der Waals surface area contributed by atoms with Crippen LogP contribution < -0.4 is 10.6 Å². The predicted molar refractivity (Wildman–Crippen MR) is 122 cm³/mol. The summed E-state index contributed by atoms with van der Waals surface area (Å²) < 4.78 is 1.45. The van der Waals surface area contributed by atoms with Gasteiger partial charge in [-0.3, -0.25) is 19.7 Å². The standard InChI is InChI=1S/C23H26N6O2/c1-14-6-11-19(15(2)12-14)26-23(31)18-13-25-29(5)21(18)27-22(30)17-9-7-16(8-10-17)20(24)28(3)4/h6-13,24H,1-5H3,(H,26,31)(H,27,30). The summed E-state index contributed by atoms with van der Waals surface area (Å²) >= 11 is 0. The summed E-state index contributed by atoms with van der Waals surface area (Å²) in [5, 5.41) is 17.8. The molecule has 2 aromatic carbocycles. The number of nitrogens with one attached hydrogen (secondary N) is 3. The van der Waals surface area contributed by atoms with E-state index in [-0.39, 0.29) is 17.4 Å². The van der Waals surface area contributed by atoms with Crippen LogP contribution in [0.25, 0.3) is 0 Å². The Bertz CT molecular complexity index is 1150. The van der Waals surface area contributed by atoms with Gasteiger partial charge < -0.3 is 15.5 Å². The zero-order chi connectivity index (χ0) is 22.7. The van der Waals surface area contributed by atoms with Gasteiger partial charge in [0.2, 0.25) is 0 Å². The minimum absolute atomic E-state index is 0.266. The van der Waals surface area contributed by atoms with Crippen molar-refractivity contribution in [2.45, 2.75) is 13.8 Å². The van der Waals surface area contributed by atoms with E-state index in [0.29, 0.717) is 28.5 Å². The summed E-state index contributed by atoms with van der Waals surface area (Å²) in [6, 6.07) is 12.5. The number of rotatable bonds is 5. The van der Waals surface area contributed by atoms with E-state index < -0.39 is 0 Å². The number of hydrogen-bond acceptors (Lipinski definition) is 4. The minimum atomic E-state index is -0.368. The van der Waals surface area contributed by atoms with Crippen molar-refractivity contribution < 1.29 is 9.59 Å². The molecule has 3 aromatic rings. The molecule has 0 saturated carbocycles. The van der Waals surface area contributed by atoms with Crippen molar-refractivity contribution >= 4 is 29.2 Å². The molecule has 1 aromatic heterocycles. The van der Waals surface area contributed by atoms with E-state index in [0.717, 1.165) is 11.1 Å². The average molecular weight is 419 g/mol. The van der Waals surface area contributed by atoms with Crippen molar-refractivity contribution in [2.24, 2.45) is 7.05 Å². The molecule has 31 heavy (non-hydrogen) atoms. The normalized spacial score (nSPS) is 10.5. The van der Waals surface area contributed by atoms with Crippen LogP contribution in [0.5, 0.6) is 0 Å². The summed E-state index contributed by atoms with van der Waals surface area (Å²) in [5.74, 6) is -0.0708. The lowest BCUT2D eigenvalue weighted by Crippen LogP contribution is -2.22. The Labute approximate surface area is 181 Å². The molecular formula is C23H26N6O2. The molecule has 0 radical (unpaired) electrons. The molecule has 0 aliphatic rings. The monoisotopic (exact) mass is 418 g/mol. The van der Waals surface area contributed by atoms with Crippen molar-refractivity contribution in [3.63, 3.8) is 0 Å². The van der Waals surface area contributed by atoms with Gasteiger partial charge in [-0.05, 0) is 37.6 Å². The van der Waals surface area contributed by atoms with Crippen molar-refractivity contribution in [1.29, 1.82) is 5.41 Å². The van der Waals surface area contributed by atoms with Crippen LogP contribution in [0.2, 0.25) is 0 Å². The fraction of sp³-hybridized carbons (Fsp3) is 0.217. The first-order chi connectivity index (χ1) is 14.7. The van der Waals surface area contributed by atoms with Gasteiger partial charge in [-0.1, -0.05) is 29.8 Å². The van der Waals surface area contributed by atoms with Crippen LogP contribution in [-0.4, -0.2) is 46.4 Å². The molecule has 0 bridgehead atoms. The van der Waals surface area contributed by atoms with E-state index in [9.17, 15) is 9.59 Å². The largest absolute Gasteiger partial charge is 0.363 e. The Hall–Kier alpha value is -3.94. The topological polar surface area (TPSA) is 103 Å². The summed E-state index contributed by atoms with van der Waals surface area (Å²) in [5.41, 5.74) is 4.15. The van der Waals surface area contributed by atoms with Crippen LogP contribution in [0.1, 0.15) is 37.4 Å². The molecule has 1 heterocycles. The average Bonchev–Trinajstić information content (AvgIpc) is 3.09. The van der Waals surface area contributed by atoms with E-state index in [1.807, 2.05) is 32.0 Å². The lowest BCUT2D eigenvalue weighted by molar-refractivity contribution is 0.102. The van der Waals surface area contributed by atoms with E-state index in [2.05, 4.69) is 15.7 Å². The number of amidine groups is 1. The highest BCUT2D eigenvalue weighted by atomic mass is 16.2. The van der Waals surface area contributed by atoms with Crippen LogP contribution in [0.15, 0.2) is 48.7 Å². The number of aryl methyl sites for hydroxylation is 3. The molecule has 8 nitrogen and oxygen atoms in total. The Morgan fingerprint density at radius 3 is 2.23 bits per heavy atom. The summed E-state index contributed by atoms with van der Waals surface area (Å²) in [7, 11) is 5.23. The second-order valence-corrected chi connectivity index (χ2v) is 7.58. The Kier molecular flexibility index (Phi) is 6.20. The molecule has 0 fully saturated rings. The van der Waals surface area contributed by atoms with Gasteiger partial charge in [0.15, 0.2) is 0 Å². The zero-order valence-electron chi connectivity index (χ0n) is 18.3. The van der Waals surface area contributed by atoms with E-state index in [4.69, 9.17) is 5.41 Å². The first-order valence-corrected chi connectivity index (χ1v) is 9.75. The summed E-state index contributed by atoms with van der Waals surface area (Å²) in [6.07, 6.45) is 1.43. The van der Waals surface area contributed by atoms with Crippen molar-refractivity contribution in [1.82, 2.24) is 14.7 Å². The van der Waals surface area contributed by atoms with Gasteiger partial charge in [-0.25, -0.2) is 0 Å². The third kappa shape index (κ3) is 4.80. The molecule has 3 rings (SSSR count). The Morgan fingerprint density at radius 1 is 0.968 bits per heavy atom. The highest BCUT2D eigenvalue weighted by Gasteiger charge is 2.20. The summed E-state index contributed by atoms with van der Waals surface area (Å²) in [6.45, 7) is 3.91. The molecule has 160 valence electrons. The summed E-state index contributed by atoms with van der Waals surface area (Å²) in [4.78, 5) is 27.3. The van der Waals surface area contributed by atoms with Gasteiger partial charge in [-0.15, -0.1) is 0 Å². The second kappa shape index (κ2) is 8.83. The lowest BCUT2D eigenvalue weighted by atomic mass is 10.1. The van der Waals surface area contributed by atoms with Crippen LogP contribution in [0.3, 0.4) is 0 Å². The van der Waals surface area contributed by atoms with Crippen molar-refractivity contribution in [2.75, 3.05) is 24.7 Å². The van der Waals surface area contributed by atoms with Crippen LogP contribution in [0, 0.1) is 19.3 Å². The number of amides is 2. The predicted octanol–water partition coefficient (Wildman–Crippen LogP) is 3.43. The van der Waals surface area contributed by atoms with E-state index >= 15 is 0 Å². The molecule has 0 unspecified atom stereocenters. The lowest BCUT2D eigenvalue weighted by Gasteiger charge is -2.14. The minimum Gasteiger partial charge on any atom is -0.363 e. The van der Waals surface area contributed by atoms with Crippen molar-refractivity contribution in [3.05, 3.63) is 76.5 Å². The Balaban J connectivity index is 1.78. The van der Waals surface area contributed by atoms with Crippen molar-refractivity contribution in [3.8, 4) is 0 Å². The molecule has 0 atom stereocenters. The molecule has 0 spiro atoms.